The fourth-order valence-corrected chi connectivity index (χ4v) is 4.30. The standard InChI is InChI=1S/C20H32O7/c1-7-12(8-2)26-14-11-20(24,17(23)27-18(3,4)5)13-9-10-19(14,15(13)21)16(22)25-6/h12-14,24H,7-11H2,1-6H3/t13-,14-,19+,20+/m1/s1. The second-order valence-corrected chi connectivity index (χ2v) is 8.61. The first-order chi connectivity index (χ1) is 12.5. The summed E-state index contributed by atoms with van der Waals surface area (Å²) in [7, 11) is 1.24. The molecule has 0 radical (unpaired) electrons. The highest BCUT2D eigenvalue weighted by Crippen LogP contribution is 2.55. The summed E-state index contributed by atoms with van der Waals surface area (Å²) in [6, 6.07) is 0. The maximum absolute atomic E-state index is 13.2. The van der Waals surface area contributed by atoms with Crippen molar-refractivity contribution in [1.82, 2.24) is 0 Å². The molecule has 1 N–H and O–H groups in total. The maximum atomic E-state index is 13.2. The van der Waals surface area contributed by atoms with Crippen molar-refractivity contribution in [2.45, 2.75) is 90.1 Å². The summed E-state index contributed by atoms with van der Waals surface area (Å²) in [6.07, 6.45) is 0.498. The smallest absolute Gasteiger partial charge is 0.339 e. The minimum absolute atomic E-state index is 0.163. The lowest BCUT2D eigenvalue weighted by Gasteiger charge is -2.45. The molecule has 0 amide bonds. The summed E-state index contributed by atoms with van der Waals surface area (Å²) >= 11 is 0. The number of rotatable bonds is 6. The van der Waals surface area contributed by atoms with Gasteiger partial charge >= 0.3 is 11.9 Å². The molecule has 0 aromatic heterocycles. The molecule has 7 heteroatoms. The van der Waals surface area contributed by atoms with Crippen molar-refractivity contribution >= 4 is 17.7 Å². The molecule has 2 saturated carbocycles. The molecule has 0 heterocycles. The zero-order valence-electron chi connectivity index (χ0n) is 17.2. The predicted octanol–water partition coefficient (Wildman–Crippen LogP) is 2.18. The summed E-state index contributed by atoms with van der Waals surface area (Å²) in [4.78, 5) is 38.6. The minimum Gasteiger partial charge on any atom is -0.468 e. The van der Waals surface area contributed by atoms with Crippen LogP contribution in [0.15, 0.2) is 0 Å². The van der Waals surface area contributed by atoms with Gasteiger partial charge in [0.1, 0.15) is 5.60 Å². The van der Waals surface area contributed by atoms with Gasteiger partial charge in [-0.15, -0.1) is 0 Å². The van der Waals surface area contributed by atoms with Gasteiger partial charge in [0.05, 0.1) is 25.2 Å². The van der Waals surface area contributed by atoms with E-state index in [2.05, 4.69) is 0 Å². The van der Waals surface area contributed by atoms with Gasteiger partial charge in [0.25, 0.3) is 0 Å². The molecule has 2 fully saturated rings. The Morgan fingerprint density at radius 1 is 1.22 bits per heavy atom. The molecule has 2 bridgehead atoms. The summed E-state index contributed by atoms with van der Waals surface area (Å²) in [6.45, 7) is 8.99. The molecule has 2 aliphatic rings. The maximum Gasteiger partial charge on any atom is 0.339 e. The van der Waals surface area contributed by atoms with Crippen LogP contribution in [0.1, 0.15) is 66.7 Å². The number of hydrogen-bond donors (Lipinski definition) is 1. The van der Waals surface area contributed by atoms with E-state index in [9.17, 15) is 19.5 Å². The first-order valence-corrected chi connectivity index (χ1v) is 9.70. The van der Waals surface area contributed by atoms with Gasteiger partial charge in [-0.1, -0.05) is 13.8 Å². The Labute approximate surface area is 160 Å². The lowest BCUT2D eigenvalue weighted by molar-refractivity contribution is -0.207. The van der Waals surface area contributed by atoms with E-state index >= 15 is 0 Å². The SMILES string of the molecule is CCC(CC)O[C@@H]1C[C@@](O)(C(=O)OC(C)(C)C)[C@@H]2CC[C@@]1(C(=O)OC)C2=O. The monoisotopic (exact) mass is 384 g/mol. The van der Waals surface area contributed by atoms with E-state index in [1.54, 1.807) is 20.8 Å². The molecule has 0 spiro atoms. The van der Waals surface area contributed by atoms with E-state index in [1.165, 1.54) is 7.11 Å². The van der Waals surface area contributed by atoms with Crippen LogP contribution in [0.2, 0.25) is 0 Å². The molecule has 0 saturated heterocycles. The van der Waals surface area contributed by atoms with Crippen LogP contribution in [0.4, 0.5) is 0 Å². The van der Waals surface area contributed by atoms with Gasteiger partial charge < -0.3 is 19.3 Å². The second-order valence-electron chi connectivity index (χ2n) is 8.61. The van der Waals surface area contributed by atoms with Gasteiger partial charge in [-0.05, 0) is 46.5 Å². The highest BCUT2D eigenvalue weighted by molar-refractivity contribution is 6.10. The Hall–Kier alpha value is -1.47. The highest BCUT2D eigenvalue weighted by atomic mass is 16.6. The van der Waals surface area contributed by atoms with Crippen LogP contribution in [-0.4, -0.2) is 53.3 Å². The number of methoxy groups -OCH3 is 1. The number of ether oxygens (including phenoxy) is 3. The largest absolute Gasteiger partial charge is 0.468 e. The first kappa shape index (κ1) is 21.8. The van der Waals surface area contributed by atoms with Crippen molar-refractivity contribution in [3.8, 4) is 0 Å². The average molecular weight is 384 g/mol. The molecule has 0 aliphatic heterocycles. The molecule has 7 nitrogen and oxygen atoms in total. The van der Waals surface area contributed by atoms with Crippen molar-refractivity contribution in [1.29, 1.82) is 0 Å². The summed E-state index contributed by atoms with van der Waals surface area (Å²) in [5, 5.41) is 11.2. The molecule has 0 aromatic rings. The topological polar surface area (TPSA) is 99.1 Å². The third-order valence-electron chi connectivity index (χ3n) is 5.78. The number of esters is 2. The lowest BCUT2D eigenvalue weighted by Crippen LogP contribution is -2.63. The average Bonchev–Trinajstić information content (AvgIpc) is 2.87. The van der Waals surface area contributed by atoms with Crippen LogP contribution in [0.5, 0.6) is 0 Å². The van der Waals surface area contributed by atoms with Gasteiger partial charge in [-0.2, -0.15) is 0 Å². The van der Waals surface area contributed by atoms with Crippen molar-refractivity contribution in [3.63, 3.8) is 0 Å². The van der Waals surface area contributed by atoms with Crippen LogP contribution in [0.25, 0.3) is 0 Å². The van der Waals surface area contributed by atoms with E-state index in [1.807, 2.05) is 13.8 Å². The predicted molar refractivity (Wildman–Crippen MR) is 96.8 cm³/mol. The molecule has 154 valence electrons. The Balaban J connectivity index is 2.46. The Bertz CT molecular complexity index is 604. The number of ketones is 1. The zero-order chi connectivity index (χ0) is 20.6. The van der Waals surface area contributed by atoms with E-state index < -0.39 is 46.4 Å². The van der Waals surface area contributed by atoms with Gasteiger partial charge in [-0.3, -0.25) is 9.59 Å². The summed E-state index contributed by atoms with van der Waals surface area (Å²) in [5.74, 6) is -2.97. The fourth-order valence-electron chi connectivity index (χ4n) is 4.30. The third-order valence-corrected chi connectivity index (χ3v) is 5.78. The van der Waals surface area contributed by atoms with Crippen molar-refractivity contribution in [2.24, 2.45) is 11.3 Å². The molecule has 4 atom stereocenters. The zero-order valence-corrected chi connectivity index (χ0v) is 17.2. The van der Waals surface area contributed by atoms with E-state index in [0.29, 0.717) is 12.8 Å². The number of fused-ring (bicyclic) bond motifs is 2. The fraction of sp³-hybridized carbons (Fsp3) is 0.850. The van der Waals surface area contributed by atoms with Crippen LogP contribution in [0.3, 0.4) is 0 Å². The van der Waals surface area contributed by atoms with E-state index in [-0.39, 0.29) is 25.4 Å². The molecule has 2 aliphatic carbocycles. The molecule has 0 aromatic carbocycles. The molecule has 27 heavy (non-hydrogen) atoms. The van der Waals surface area contributed by atoms with Crippen LogP contribution < -0.4 is 0 Å². The number of carbonyl (C=O) groups is 3. The summed E-state index contributed by atoms with van der Waals surface area (Å²) < 4.78 is 16.4. The Morgan fingerprint density at radius 2 is 1.81 bits per heavy atom. The van der Waals surface area contributed by atoms with E-state index in [4.69, 9.17) is 14.2 Å². The van der Waals surface area contributed by atoms with Crippen LogP contribution >= 0.6 is 0 Å². The van der Waals surface area contributed by atoms with Crippen molar-refractivity contribution < 1.29 is 33.7 Å². The van der Waals surface area contributed by atoms with Crippen molar-refractivity contribution in [2.75, 3.05) is 7.11 Å². The number of hydrogen-bond acceptors (Lipinski definition) is 7. The minimum atomic E-state index is -2.00. The molecular formula is C20H32O7. The van der Waals surface area contributed by atoms with Crippen LogP contribution in [-0.2, 0) is 28.6 Å². The Kier molecular flexibility index (Phi) is 6.07. The van der Waals surface area contributed by atoms with Gasteiger partial charge in [0, 0.05) is 6.42 Å². The number of Topliss-reactive ketones (excluding diaryl/α,β-unsaturated/α-hetero) is 1. The summed E-state index contributed by atoms with van der Waals surface area (Å²) in [5.41, 5.74) is -4.28. The van der Waals surface area contributed by atoms with Crippen LogP contribution in [0, 0.1) is 11.3 Å². The van der Waals surface area contributed by atoms with Gasteiger partial charge in [-0.25, -0.2) is 4.79 Å². The van der Waals surface area contributed by atoms with Gasteiger partial charge in [0.2, 0.25) is 0 Å². The second kappa shape index (κ2) is 7.51. The quantitative estimate of drug-likeness (QED) is 0.553. The third kappa shape index (κ3) is 3.63. The molecule has 2 rings (SSSR count). The van der Waals surface area contributed by atoms with Crippen molar-refractivity contribution in [3.05, 3.63) is 0 Å². The molecule has 0 unspecified atom stereocenters. The van der Waals surface area contributed by atoms with Gasteiger partial charge in [0.15, 0.2) is 16.8 Å². The Morgan fingerprint density at radius 3 is 2.30 bits per heavy atom. The number of aliphatic hydroxyl groups is 1. The highest BCUT2D eigenvalue weighted by Gasteiger charge is 2.71. The first-order valence-electron chi connectivity index (χ1n) is 9.70. The lowest BCUT2D eigenvalue weighted by atomic mass is 9.65. The normalized spacial score (nSPS) is 33.3. The van der Waals surface area contributed by atoms with E-state index in [0.717, 1.165) is 0 Å². The number of carbonyl (C=O) groups excluding carboxylic acids is 3. The molecular weight excluding hydrogens is 352 g/mol.